The summed E-state index contributed by atoms with van der Waals surface area (Å²) in [6, 6.07) is 18.2. The van der Waals surface area contributed by atoms with Gasteiger partial charge in [0.2, 0.25) is 0 Å². The van der Waals surface area contributed by atoms with Crippen LogP contribution in [0.4, 0.5) is 17.3 Å². The van der Waals surface area contributed by atoms with Crippen LogP contribution >= 0.6 is 0 Å². The number of aromatic carboxylic acids is 1. The minimum atomic E-state index is -3.93. The Morgan fingerprint density at radius 1 is 0.875 bits per heavy atom. The summed E-state index contributed by atoms with van der Waals surface area (Å²) in [6.45, 7) is 3.63. The Bertz CT molecular complexity index is 1430. The average molecular weight is 449 g/mol. The normalized spacial score (nSPS) is 11.3. The summed E-state index contributed by atoms with van der Waals surface area (Å²) in [5.41, 5.74) is 3.34. The molecule has 9 heteroatoms. The van der Waals surface area contributed by atoms with Crippen LogP contribution in [-0.2, 0) is 10.0 Å². The SMILES string of the molecule is Cc1ccc(S(=O)(=O)Nc2nc3ccccc3nc2Nc2ccc(C(=O)O)cc2)c(C)c1. The predicted octanol–water partition coefficient (Wildman–Crippen LogP) is 4.49. The quantitative estimate of drug-likeness (QED) is 0.397. The molecule has 4 rings (SSSR count). The largest absolute Gasteiger partial charge is 0.478 e. The molecule has 3 aromatic carbocycles. The van der Waals surface area contributed by atoms with Crippen molar-refractivity contribution < 1.29 is 18.3 Å². The number of benzene rings is 3. The third-order valence-electron chi connectivity index (χ3n) is 4.82. The number of sulfonamides is 1. The summed E-state index contributed by atoms with van der Waals surface area (Å²) in [4.78, 5) is 20.2. The molecule has 3 N–H and O–H groups in total. The summed E-state index contributed by atoms with van der Waals surface area (Å²) in [7, 11) is -3.93. The van der Waals surface area contributed by atoms with Gasteiger partial charge >= 0.3 is 5.97 Å². The van der Waals surface area contributed by atoms with Crippen LogP contribution in [0.1, 0.15) is 21.5 Å². The summed E-state index contributed by atoms with van der Waals surface area (Å²) < 4.78 is 28.8. The van der Waals surface area contributed by atoms with Crippen LogP contribution in [-0.4, -0.2) is 29.5 Å². The number of nitrogens with zero attached hydrogens (tertiary/aromatic N) is 2. The zero-order valence-electron chi connectivity index (χ0n) is 17.3. The fourth-order valence-corrected chi connectivity index (χ4v) is 4.51. The van der Waals surface area contributed by atoms with Crippen LogP contribution in [0.3, 0.4) is 0 Å². The highest BCUT2D eigenvalue weighted by Gasteiger charge is 2.21. The van der Waals surface area contributed by atoms with Crippen molar-refractivity contribution in [2.24, 2.45) is 0 Å². The van der Waals surface area contributed by atoms with Gasteiger partial charge in [0.1, 0.15) is 0 Å². The van der Waals surface area contributed by atoms with Crippen LogP contribution in [0.25, 0.3) is 11.0 Å². The first-order chi connectivity index (χ1) is 15.2. The molecule has 0 saturated heterocycles. The topological polar surface area (TPSA) is 121 Å². The lowest BCUT2D eigenvalue weighted by Gasteiger charge is -2.15. The Morgan fingerprint density at radius 2 is 1.50 bits per heavy atom. The van der Waals surface area contributed by atoms with Gasteiger partial charge in [0, 0.05) is 5.69 Å². The van der Waals surface area contributed by atoms with Crippen molar-refractivity contribution in [3.05, 3.63) is 83.4 Å². The molecule has 0 aliphatic carbocycles. The molecule has 0 unspecified atom stereocenters. The molecule has 8 nitrogen and oxygen atoms in total. The highest BCUT2D eigenvalue weighted by atomic mass is 32.2. The molecule has 32 heavy (non-hydrogen) atoms. The fraction of sp³-hybridized carbons (Fsp3) is 0.0870. The van der Waals surface area contributed by atoms with E-state index in [1.54, 1.807) is 55.5 Å². The molecule has 1 aromatic heterocycles. The van der Waals surface area contributed by atoms with Crippen molar-refractivity contribution >= 4 is 44.3 Å². The van der Waals surface area contributed by atoms with Gasteiger partial charge in [-0.3, -0.25) is 4.72 Å². The van der Waals surface area contributed by atoms with Crippen molar-refractivity contribution in [1.82, 2.24) is 9.97 Å². The van der Waals surface area contributed by atoms with Crippen LogP contribution in [0, 0.1) is 13.8 Å². The lowest BCUT2D eigenvalue weighted by Crippen LogP contribution is -2.17. The van der Waals surface area contributed by atoms with E-state index >= 15 is 0 Å². The number of nitrogens with one attached hydrogen (secondary N) is 2. The van der Waals surface area contributed by atoms with Gasteiger partial charge in [-0.2, -0.15) is 0 Å². The van der Waals surface area contributed by atoms with E-state index in [1.165, 1.54) is 12.1 Å². The maximum Gasteiger partial charge on any atom is 0.335 e. The van der Waals surface area contributed by atoms with Crippen molar-refractivity contribution in [3.63, 3.8) is 0 Å². The average Bonchev–Trinajstić information content (AvgIpc) is 2.74. The van der Waals surface area contributed by atoms with Crippen LogP contribution in [0.5, 0.6) is 0 Å². The van der Waals surface area contributed by atoms with Gasteiger partial charge in [-0.25, -0.2) is 23.2 Å². The number of hydrogen-bond acceptors (Lipinski definition) is 6. The van der Waals surface area contributed by atoms with Gasteiger partial charge in [-0.1, -0.05) is 29.8 Å². The number of hydrogen-bond donors (Lipinski definition) is 3. The third kappa shape index (κ3) is 4.37. The smallest absolute Gasteiger partial charge is 0.335 e. The first kappa shape index (κ1) is 21.3. The Hall–Kier alpha value is -3.98. The number of rotatable bonds is 6. The van der Waals surface area contributed by atoms with Crippen molar-refractivity contribution in [1.29, 1.82) is 0 Å². The molecule has 1 heterocycles. The van der Waals surface area contributed by atoms with E-state index in [2.05, 4.69) is 20.0 Å². The van der Waals surface area contributed by atoms with Crippen molar-refractivity contribution in [2.45, 2.75) is 18.7 Å². The molecule has 0 bridgehead atoms. The number of carbonyl (C=O) groups is 1. The summed E-state index contributed by atoms with van der Waals surface area (Å²) >= 11 is 0. The second-order valence-electron chi connectivity index (χ2n) is 7.29. The Kier molecular flexibility index (Phi) is 5.50. The fourth-order valence-electron chi connectivity index (χ4n) is 3.27. The second-order valence-corrected chi connectivity index (χ2v) is 8.94. The summed E-state index contributed by atoms with van der Waals surface area (Å²) in [5, 5.41) is 12.1. The lowest BCUT2D eigenvalue weighted by atomic mass is 10.2. The lowest BCUT2D eigenvalue weighted by molar-refractivity contribution is 0.0697. The highest BCUT2D eigenvalue weighted by Crippen LogP contribution is 2.28. The van der Waals surface area contributed by atoms with Gasteiger partial charge in [0.25, 0.3) is 10.0 Å². The Labute approximate surface area is 185 Å². The molecule has 162 valence electrons. The second kappa shape index (κ2) is 8.27. The number of aryl methyl sites for hydroxylation is 2. The molecule has 0 fully saturated rings. The van der Waals surface area contributed by atoms with Crippen LogP contribution < -0.4 is 10.0 Å². The standard InChI is InChI=1S/C23H20N4O4S/c1-14-7-12-20(15(2)13-14)32(30,31)27-22-21(25-18-5-3-4-6-19(18)26-22)24-17-10-8-16(9-11-17)23(28)29/h3-13H,1-2H3,(H,24,25)(H,26,27)(H,28,29). The highest BCUT2D eigenvalue weighted by molar-refractivity contribution is 7.92. The summed E-state index contributed by atoms with van der Waals surface area (Å²) in [6.07, 6.45) is 0. The van der Waals surface area contributed by atoms with Gasteiger partial charge < -0.3 is 10.4 Å². The van der Waals surface area contributed by atoms with Gasteiger partial charge in [-0.05, 0) is 61.9 Å². The van der Waals surface area contributed by atoms with Crippen molar-refractivity contribution in [3.8, 4) is 0 Å². The third-order valence-corrected chi connectivity index (χ3v) is 6.32. The first-order valence-corrected chi connectivity index (χ1v) is 11.2. The summed E-state index contributed by atoms with van der Waals surface area (Å²) in [5.74, 6) is -0.810. The van der Waals surface area contributed by atoms with E-state index in [-0.39, 0.29) is 22.1 Å². The monoisotopic (exact) mass is 448 g/mol. The maximum absolute atomic E-state index is 13.1. The molecule has 0 saturated carbocycles. The van der Waals surface area contributed by atoms with E-state index in [0.29, 0.717) is 22.3 Å². The molecule has 0 spiro atoms. The predicted molar refractivity (Wildman–Crippen MR) is 123 cm³/mol. The number of fused-ring (bicyclic) bond motifs is 1. The molecule has 0 aliphatic heterocycles. The van der Waals surface area contributed by atoms with Gasteiger partial charge in [-0.15, -0.1) is 0 Å². The van der Waals surface area contributed by atoms with Crippen molar-refractivity contribution in [2.75, 3.05) is 10.0 Å². The van der Waals surface area contributed by atoms with Crippen LogP contribution in [0.15, 0.2) is 71.6 Å². The minimum Gasteiger partial charge on any atom is -0.478 e. The molecular weight excluding hydrogens is 428 g/mol. The number of aromatic nitrogens is 2. The number of para-hydroxylation sites is 2. The molecular formula is C23H20N4O4S. The number of carboxylic acids is 1. The zero-order chi connectivity index (χ0) is 22.9. The number of anilines is 3. The molecule has 0 amide bonds. The zero-order valence-corrected chi connectivity index (χ0v) is 18.1. The molecule has 0 atom stereocenters. The van der Waals surface area contributed by atoms with E-state index in [0.717, 1.165) is 5.56 Å². The van der Waals surface area contributed by atoms with Crippen LogP contribution in [0.2, 0.25) is 0 Å². The maximum atomic E-state index is 13.1. The van der Waals surface area contributed by atoms with Gasteiger partial charge in [0.15, 0.2) is 11.6 Å². The van der Waals surface area contributed by atoms with E-state index in [9.17, 15) is 13.2 Å². The Morgan fingerprint density at radius 3 is 2.09 bits per heavy atom. The molecule has 4 aromatic rings. The van der Waals surface area contributed by atoms with Gasteiger partial charge in [0.05, 0.1) is 21.5 Å². The Balaban J connectivity index is 1.76. The first-order valence-electron chi connectivity index (χ1n) is 9.70. The van der Waals surface area contributed by atoms with E-state index < -0.39 is 16.0 Å². The van der Waals surface area contributed by atoms with E-state index in [4.69, 9.17) is 5.11 Å². The van der Waals surface area contributed by atoms with E-state index in [1.807, 2.05) is 13.0 Å². The minimum absolute atomic E-state index is 0.0333. The molecule has 0 aliphatic rings. The number of carboxylic acid groups (broad SMARTS) is 1. The molecule has 0 radical (unpaired) electrons.